The summed E-state index contributed by atoms with van der Waals surface area (Å²) in [6, 6.07) is 6.64. The summed E-state index contributed by atoms with van der Waals surface area (Å²) in [4.78, 5) is 2.10. The summed E-state index contributed by atoms with van der Waals surface area (Å²) in [5, 5.41) is 19.1. The summed E-state index contributed by atoms with van der Waals surface area (Å²) in [6.07, 6.45) is 0. The molecule has 5 nitrogen and oxygen atoms in total. The van der Waals surface area contributed by atoms with E-state index in [-0.39, 0.29) is 5.75 Å². The first-order chi connectivity index (χ1) is 10.1. The molecule has 1 fully saturated rings. The van der Waals surface area contributed by atoms with Gasteiger partial charge in [0.25, 0.3) is 0 Å². The van der Waals surface area contributed by atoms with Crippen molar-refractivity contribution in [3.8, 4) is 17.0 Å². The molecule has 0 bridgehead atoms. The van der Waals surface area contributed by atoms with E-state index in [4.69, 9.17) is 27.9 Å². The largest absolute Gasteiger partial charge is 0.507 e. The van der Waals surface area contributed by atoms with Gasteiger partial charge in [0, 0.05) is 18.1 Å². The van der Waals surface area contributed by atoms with Gasteiger partial charge >= 0.3 is 0 Å². The highest BCUT2D eigenvalue weighted by Gasteiger charge is 2.16. The van der Waals surface area contributed by atoms with Crippen LogP contribution in [0.3, 0.4) is 0 Å². The van der Waals surface area contributed by atoms with Gasteiger partial charge in [0.15, 0.2) is 5.82 Å². The van der Waals surface area contributed by atoms with Crippen molar-refractivity contribution in [1.29, 1.82) is 0 Å². The molecular formula is C14H13Cl2N3O2. The lowest BCUT2D eigenvalue weighted by molar-refractivity contribution is 0.122. The van der Waals surface area contributed by atoms with Crippen LogP contribution in [-0.4, -0.2) is 41.6 Å². The second kappa shape index (κ2) is 6.05. The maximum absolute atomic E-state index is 9.98. The van der Waals surface area contributed by atoms with Gasteiger partial charge in [-0.3, -0.25) is 0 Å². The van der Waals surface area contributed by atoms with Crippen LogP contribution in [-0.2, 0) is 4.74 Å². The number of anilines is 1. The zero-order valence-corrected chi connectivity index (χ0v) is 12.6. The number of rotatable bonds is 2. The molecule has 1 aromatic carbocycles. The summed E-state index contributed by atoms with van der Waals surface area (Å²) in [5.74, 6) is 0.771. The SMILES string of the molecule is Oc1cc(Cl)cc(Cl)c1-c1ccc(N2CCOCC2)nn1. The molecule has 1 saturated heterocycles. The molecule has 1 N–H and O–H groups in total. The molecule has 2 heterocycles. The van der Waals surface area contributed by atoms with Crippen LogP contribution in [0, 0.1) is 0 Å². The van der Waals surface area contributed by atoms with Gasteiger partial charge in [0.1, 0.15) is 5.75 Å². The minimum atomic E-state index is -0.0130. The van der Waals surface area contributed by atoms with E-state index in [2.05, 4.69) is 15.1 Å². The number of nitrogens with zero attached hydrogens (tertiary/aromatic N) is 3. The van der Waals surface area contributed by atoms with E-state index in [9.17, 15) is 5.11 Å². The standard InChI is InChI=1S/C14H13Cl2N3O2/c15-9-7-10(16)14(12(20)8-9)11-1-2-13(18-17-11)19-3-5-21-6-4-19/h1-2,7-8,20H,3-6H2. The van der Waals surface area contributed by atoms with Crippen LogP contribution < -0.4 is 4.90 Å². The average Bonchev–Trinajstić information content (AvgIpc) is 2.48. The zero-order chi connectivity index (χ0) is 14.8. The monoisotopic (exact) mass is 325 g/mol. The summed E-state index contributed by atoms with van der Waals surface area (Å²) in [6.45, 7) is 2.96. The highest BCUT2D eigenvalue weighted by Crippen LogP contribution is 2.37. The molecule has 1 aliphatic heterocycles. The first-order valence-corrected chi connectivity index (χ1v) is 7.25. The predicted molar refractivity (Wildman–Crippen MR) is 82.2 cm³/mol. The van der Waals surface area contributed by atoms with Gasteiger partial charge in [-0.2, -0.15) is 0 Å². The van der Waals surface area contributed by atoms with E-state index >= 15 is 0 Å². The van der Waals surface area contributed by atoms with Crippen LogP contribution >= 0.6 is 23.2 Å². The van der Waals surface area contributed by atoms with E-state index < -0.39 is 0 Å². The third-order valence-electron chi connectivity index (χ3n) is 3.28. The number of aromatic hydroxyl groups is 1. The number of aromatic nitrogens is 2. The van der Waals surface area contributed by atoms with Gasteiger partial charge in [0.05, 0.1) is 29.5 Å². The van der Waals surface area contributed by atoms with Gasteiger partial charge in [-0.1, -0.05) is 23.2 Å². The molecule has 110 valence electrons. The molecule has 0 atom stereocenters. The van der Waals surface area contributed by atoms with Crippen molar-refractivity contribution in [1.82, 2.24) is 10.2 Å². The Hall–Kier alpha value is -1.56. The molecule has 3 rings (SSSR count). The molecule has 0 radical (unpaired) electrons. The number of hydrogen-bond donors (Lipinski definition) is 1. The number of phenolic OH excluding ortho intramolecular Hbond substituents is 1. The van der Waals surface area contributed by atoms with Crippen LogP contribution in [0.25, 0.3) is 11.3 Å². The number of ether oxygens (including phenoxy) is 1. The van der Waals surface area contributed by atoms with E-state index in [1.807, 2.05) is 6.07 Å². The molecule has 0 spiro atoms. The molecular weight excluding hydrogens is 313 g/mol. The molecule has 7 heteroatoms. The van der Waals surface area contributed by atoms with Crippen LogP contribution in [0.4, 0.5) is 5.82 Å². The lowest BCUT2D eigenvalue weighted by Gasteiger charge is -2.27. The topological polar surface area (TPSA) is 58.5 Å². The molecule has 2 aromatic rings. The Morgan fingerprint density at radius 3 is 2.48 bits per heavy atom. The molecule has 0 aliphatic carbocycles. The van der Waals surface area contributed by atoms with E-state index in [1.165, 1.54) is 6.07 Å². The maximum Gasteiger partial charge on any atom is 0.151 e. The fourth-order valence-electron chi connectivity index (χ4n) is 2.23. The van der Waals surface area contributed by atoms with E-state index in [0.29, 0.717) is 34.5 Å². The Kier molecular flexibility index (Phi) is 4.14. The quantitative estimate of drug-likeness (QED) is 0.919. The van der Waals surface area contributed by atoms with Crippen molar-refractivity contribution in [2.24, 2.45) is 0 Å². The second-order valence-corrected chi connectivity index (χ2v) is 5.50. The highest BCUT2D eigenvalue weighted by molar-refractivity contribution is 6.36. The number of morpholine rings is 1. The number of benzene rings is 1. The average molecular weight is 326 g/mol. The maximum atomic E-state index is 9.98. The molecule has 21 heavy (non-hydrogen) atoms. The van der Waals surface area contributed by atoms with E-state index in [1.54, 1.807) is 12.1 Å². The normalized spacial score (nSPS) is 15.2. The lowest BCUT2D eigenvalue weighted by atomic mass is 10.1. The van der Waals surface area contributed by atoms with Crippen molar-refractivity contribution in [3.05, 3.63) is 34.3 Å². The van der Waals surface area contributed by atoms with Gasteiger partial charge < -0.3 is 14.7 Å². The number of hydrogen-bond acceptors (Lipinski definition) is 5. The van der Waals surface area contributed by atoms with Gasteiger partial charge in [-0.15, -0.1) is 10.2 Å². The fraction of sp³-hybridized carbons (Fsp3) is 0.286. The van der Waals surface area contributed by atoms with Crippen molar-refractivity contribution in [2.45, 2.75) is 0 Å². The Balaban J connectivity index is 1.90. The third-order valence-corrected chi connectivity index (χ3v) is 3.79. The van der Waals surface area contributed by atoms with Gasteiger partial charge in [-0.25, -0.2) is 0 Å². The minimum absolute atomic E-state index is 0.0130. The summed E-state index contributed by atoms with van der Waals surface area (Å²) >= 11 is 12.0. The highest BCUT2D eigenvalue weighted by atomic mass is 35.5. The fourth-order valence-corrected chi connectivity index (χ4v) is 2.81. The molecule has 0 unspecified atom stereocenters. The molecule has 1 aliphatic rings. The van der Waals surface area contributed by atoms with Crippen molar-refractivity contribution < 1.29 is 9.84 Å². The van der Waals surface area contributed by atoms with Crippen LogP contribution in [0.15, 0.2) is 24.3 Å². The summed E-state index contributed by atoms with van der Waals surface area (Å²) in [5.41, 5.74) is 0.938. The van der Waals surface area contributed by atoms with Crippen molar-refractivity contribution in [2.75, 3.05) is 31.2 Å². The minimum Gasteiger partial charge on any atom is -0.507 e. The van der Waals surface area contributed by atoms with E-state index in [0.717, 1.165) is 18.9 Å². The van der Waals surface area contributed by atoms with Crippen LogP contribution in [0.2, 0.25) is 10.0 Å². The summed E-state index contributed by atoms with van der Waals surface area (Å²) < 4.78 is 5.30. The van der Waals surface area contributed by atoms with Gasteiger partial charge in [0.2, 0.25) is 0 Å². The Morgan fingerprint density at radius 1 is 1.10 bits per heavy atom. The molecule has 1 aromatic heterocycles. The van der Waals surface area contributed by atoms with Crippen molar-refractivity contribution in [3.63, 3.8) is 0 Å². The Morgan fingerprint density at radius 2 is 1.86 bits per heavy atom. The van der Waals surface area contributed by atoms with Crippen LogP contribution in [0.5, 0.6) is 5.75 Å². The first-order valence-electron chi connectivity index (χ1n) is 6.50. The smallest absolute Gasteiger partial charge is 0.151 e. The predicted octanol–water partition coefficient (Wildman–Crippen LogP) is 2.99. The molecule has 0 amide bonds. The lowest BCUT2D eigenvalue weighted by Crippen LogP contribution is -2.36. The van der Waals surface area contributed by atoms with Crippen LogP contribution in [0.1, 0.15) is 0 Å². The zero-order valence-electron chi connectivity index (χ0n) is 11.1. The molecule has 0 saturated carbocycles. The first kappa shape index (κ1) is 14.4. The summed E-state index contributed by atoms with van der Waals surface area (Å²) in [7, 11) is 0. The Labute approximate surface area is 132 Å². The second-order valence-electron chi connectivity index (χ2n) is 4.66. The Bertz CT molecular complexity index is 620. The number of halogens is 2. The van der Waals surface area contributed by atoms with Gasteiger partial charge in [-0.05, 0) is 24.3 Å². The number of phenols is 1. The third kappa shape index (κ3) is 3.05. The van der Waals surface area contributed by atoms with Crippen molar-refractivity contribution >= 4 is 29.0 Å².